The quantitative estimate of drug-likeness (QED) is 0.763. The van der Waals surface area contributed by atoms with Crippen molar-refractivity contribution in [2.24, 2.45) is 0 Å². The van der Waals surface area contributed by atoms with E-state index in [1.54, 1.807) is 19.1 Å². The molecule has 0 saturated heterocycles. The number of hydrogen-bond donors (Lipinski definition) is 0. The molecule has 1 unspecified atom stereocenters. The maximum atomic E-state index is 6.13. The molecule has 1 aromatic heterocycles. The molecule has 1 atom stereocenters. The van der Waals surface area contributed by atoms with E-state index >= 15 is 0 Å². The molecule has 17 heavy (non-hydrogen) atoms. The zero-order valence-electron chi connectivity index (χ0n) is 8.53. The second kappa shape index (κ2) is 5.10. The maximum absolute atomic E-state index is 6.13. The molecule has 1 heterocycles. The summed E-state index contributed by atoms with van der Waals surface area (Å²) in [6, 6.07) is 3.43. The molecule has 0 amide bonds. The Morgan fingerprint density at radius 2 is 1.88 bits per heavy atom. The van der Waals surface area contributed by atoms with Gasteiger partial charge in [-0.2, -0.15) is 4.68 Å². The van der Waals surface area contributed by atoms with E-state index in [2.05, 4.69) is 31.5 Å². The van der Waals surface area contributed by atoms with Gasteiger partial charge in [0.15, 0.2) is 5.82 Å². The minimum atomic E-state index is -0.346. The molecule has 0 fully saturated rings. The first-order valence-corrected chi connectivity index (χ1v) is 6.56. The van der Waals surface area contributed by atoms with Gasteiger partial charge in [0, 0.05) is 4.47 Å². The number of halogens is 4. The van der Waals surface area contributed by atoms with Gasteiger partial charge in [0.1, 0.15) is 5.69 Å². The number of tetrazole rings is 1. The monoisotopic (exact) mass is 354 g/mol. The van der Waals surface area contributed by atoms with Crippen molar-refractivity contribution < 1.29 is 0 Å². The molecule has 2 aromatic rings. The second-order valence-corrected chi connectivity index (χ2v) is 5.67. The van der Waals surface area contributed by atoms with Crippen molar-refractivity contribution in [1.29, 1.82) is 0 Å². The molecule has 0 bridgehead atoms. The first-order valence-electron chi connectivity index (χ1n) is 4.58. The van der Waals surface area contributed by atoms with Gasteiger partial charge < -0.3 is 0 Å². The third kappa shape index (κ3) is 2.57. The van der Waals surface area contributed by atoms with Crippen LogP contribution in [0.2, 0.25) is 10.0 Å². The van der Waals surface area contributed by atoms with E-state index in [1.807, 2.05) is 0 Å². The lowest BCUT2D eigenvalue weighted by Crippen LogP contribution is -2.05. The van der Waals surface area contributed by atoms with E-state index < -0.39 is 0 Å². The van der Waals surface area contributed by atoms with Crippen LogP contribution in [0.15, 0.2) is 16.6 Å². The first kappa shape index (κ1) is 13.1. The molecule has 8 heteroatoms. The average Bonchev–Trinajstić information content (AvgIpc) is 2.64. The number of hydrogen-bond acceptors (Lipinski definition) is 3. The summed E-state index contributed by atoms with van der Waals surface area (Å²) in [6.07, 6.45) is 0. The van der Waals surface area contributed by atoms with Crippen molar-refractivity contribution in [3.8, 4) is 5.69 Å². The van der Waals surface area contributed by atoms with Crippen LogP contribution in [0.3, 0.4) is 0 Å². The maximum Gasteiger partial charge on any atom is 0.174 e. The van der Waals surface area contributed by atoms with Gasteiger partial charge in [-0.15, -0.1) is 16.7 Å². The fourth-order valence-corrected chi connectivity index (χ4v) is 2.84. The van der Waals surface area contributed by atoms with Crippen molar-refractivity contribution in [3.63, 3.8) is 0 Å². The summed E-state index contributed by atoms with van der Waals surface area (Å²) in [6.45, 7) is 1.77. The van der Waals surface area contributed by atoms with Crippen LogP contribution in [0.5, 0.6) is 0 Å². The highest BCUT2D eigenvalue weighted by Crippen LogP contribution is 2.33. The molecule has 2 rings (SSSR count). The lowest BCUT2D eigenvalue weighted by molar-refractivity contribution is 0.761. The van der Waals surface area contributed by atoms with Crippen molar-refractivity contribution >= 4 is 50.7 Å². The smallest absolute Gasteiger partial charge is 0.174 e. The minimum absolute atomic E-state index is 0.346. The van der Waals surface area contributed by atoms with Gasteiger partial charge in [-0.3, -0.25) is 0 Å². The van der Waals surface area contributed by atoms with Crippen LogP contribution in [0.25, 0.3) is 5.69 Å². The van der Waals surface area contributed by atoms with E-state index in [9.17, 15) is 0 Å². The fraction of sp³-hybridized carbons (Fsp3) is 0.222. The summed E-state index contributed by atoms with van der Waals surface area (Å²) in [5.41, 5.74) is 0.518. The highest BCUT2D eigenvalue weighted by molar-refractivity contribution is 9.10. The lowest BCUT2D eigenvalue weighted by atomic mass is 10.3. The Morgan fingerprint density at radius 1 is 1.29 bits per heavy atom. The standard InChI is InChI=1S/C9H6BrCl3N4/c1-4(11)9-14-15-16-17(9)8-6(12)2-5(10)3-7(8)13/h2-4H,1H3. The minimum Gasteiger partial charge on any atom is -0.193 e. The number of aromatic nitrogens is 4. The fourth-order valence-electron chi connectivity index (χ4n) is 1.34. The number of alkyl halides is 1. The first-order chi connectivity index (χ1) is 8.00. The molecule has 90 valence electrons. The van der Waals surface area contributed by atoms with Crippen LogP contribution < -0.4 is 0 Å². The van der Waals surface area contributed by atoms with Crippen LogP contribution in [-0.2, 0) is 0 Å². The normalized spacial score (nSPS) is 12.8. The summed E-state index contributed by atoms with van der Waals surface area (Å²) < 4.78 is 2.22. The van der Waals surface area contributed by atoms with Crippen LogP contribution in [-0.4, -0.2) is 20.2 Å². The highest BCUT2D eigenvalue weighted by atomic mass is 79.9. The highest BCUT2D eigenvalue weighted by Gasteiger charge is 2.18. The largest absolute Gasteiger partial charge is 0.193 e. The van der Waals surface area contributed by atoms with Gasteiger partial charge in [-0.25, -0.2) is 0 Å². The van der Waals surface area contributed by atoms with Crippen molar-refractivity contribution in [2.45, 2.75) is 12.3 Å². The average molecular weight is 356 g/mol. The molecule has 0 aliphatic rings. The zero-order chi connectivity index (χ0) is 12.6. The van der Waals surface area contributed by atoms with E-state index in [0.717, 1.165) is 4.47 Å². The SMILES string of the molecule is CC(Cl)c1nnnn1-c1c(Cl)cc(Br)cc1Cl. The second-order valence-electron chi connectivity index (χ2n) is 3.28. The number of rotatable bonds is 2. The molecule has 1 aromatic carbocycles. The number of benzene rings is 1. The molecule has 0 spiro atoms. The summed E-state index contributed by atoms with van der Waals surface area (Å²) in [5, 5.41) is 11.8. The molecule has 0 aliphatic heterocycles. The van der Waals surface area contributed by atoms with Gasteiger partial charge in [0.25, 0.3) is 0 Å². The molecule has 0 saturated carbocycles. The molecule has 0 radical (unpaired) electrons. The zero-order valence-corrected chi connectivity index (χ0v) is 12.4. The molecular weight excluding hydrogens is 350 g/mol. The number of nitrogens with zero attached hydrogens (tertiary/aromatic N) is 4. The Balaban J connectivity index is 2.64. The summed E-state index contributed by atoms with van der Waals surface area (Å²) >= 11 is 21.5. The van der Waals surface area contributed by atoms with Crippen LogP contribution in [0.1, 0.15) is 18.1 Å². The van der Waals surface area contributed by atoms with Crippen LogP contribution >= 0.6 is 50.7 Å². The van der Waals surface area contributed by atoms with Gasteiger partial charge in [-0.05, 0) is 29.5 Å². The Labute approximate surface area is 121 Å². The predicted molar refractivity (Wildman–Crippen MR) is 71.1 cm³/mol. The van der Waals surface area contributed by atoms with Crippen LogP contribution in [0.4, 0.5) is 0 Å². The Bertz CT molecular complexity index is 532. The van der Waals surface area contributed by atoms with E-state index in [4.69, 9.17) is 34.8 Å². The van der Waals surface area contributed by atoms with Gasteiger partial charge >= 0.3 is 0 Å². The Morgan fingerprint density at radius 3 is 2.41 bits per heavy atom. The molecule has 0 N–H and O–H groups in total. The van der Waals surface area contributed by atoms with Gasteiger partial charge in [-0.1, -0.05) is 39.1 Å². The lowest BCUT2D eigenvalue weighted by Gasteiger charge is -2.10. The predicted octanol–water partition coefficient (Wildman–Crippen LogP) is 4.03. The van der Waals surface area contributed by atoms with Crippen molar-refractivity contribution in [3.05, 3.63) is 32.5 Å². The topological polar surface area (TPSA) is 43.6 Å². The molecule has 0 aliphatic carbocycles. The summed E-state index contributed by atoms with van der Waals surface area (Å²) in [5.74, 6) is 0.484. The Kier molecular flexibility index (Phi) is 3.92. The van der Waals surface area contributed by atoms with Gasteiger partial charge in [0.2, 0.25) is 0 Å². The molecule has 4 nitrogen and oxygen atoms in total. The summed E-state index contributed by atoms with van der Waals surface area (Å²) in [4.78, 5) is 0. The van der Waals surface area contributed by atoms with E-state index in [1.165, 1.54) is 4.68 Å². The Hall–Kier alpha value is -0.360. The third-order valence-corrected chi connectivity index (χ3v) is 3.27. The van der Waals surface area contributed by atoms with Crippen LogP contribution in [0, 0.1) is 0 Å². The van der Waals surface area contributed by atoms with E-state index in [0.29, 0.717) is 21.6 Å². The third-order valence-electron chi connectivity index (χ3n) is 2.04. The molecular formula is C9H6BrCl3N4. The van der Waals surface area contributed by atoms with Crippen molar-refractivity contribution in [1.82, 2.24) is 20.2 Å². The van der Waals surface area contributed by atoms with E-state index in [-0.39, 0.29) is 5.38 Å². The van der Waals surface area contributed by atoms with Gasteiger partial charge in [0.05, 0.1) is 15.4 Å². The summed E-state index contributed by atoms with van der Waals surface area (Å²) in [7, 11) is 0. The van der Waals surface area contributed by atoms with Crippen molar-refractivity contribution in [2.75, 3.05) is 0 Å².